The van der Waals surface area contributed by atoms with Crippen LogP contribution in [0.3, 0.4) is 0 Å². The van der Waals surface area contributed by atoms with Gasteiger partial charge in [0.05, 0.1) is 0 Å². The maximum absolute atomic E-state index is 12.1. The lowest BCUT2D eigenvalue weighted by atomic mass is 9.81. The quantitative estimate of drug-likeness (QED) is 0.748. The molecule has 130 valence electrons. The first-order valence-electron chi connectivity index (χ1n) is 8.33. The van der Waals surface area contributed by atoms with Gasteiger partial charge in [0, 0.05) is 39.1 Å². The van der Waals surface area contributed by atoms with E-state index in [4.69, 9.17) is 0 Å². The van der Waals surface area contributed by atoms with Crippen molar-refractivity contribution in [2.24, 2.45) is 0 Å². The molecule has 2 rings (SSSR count). The van der Waals surface area contributed by atoms with Crippen molar-refractivity contribution < 1.29 is 4.79 Å². The largest absolute Gasteiger partial charge is 0.356 e. The Kier molecular flexibility index (Phi) is 8.59. The topological polar surface area (TPSA) is 44.4 Å². The summed E-state index contributed by atoms with van der Waals surface area (Å²) >= 11 is 0. The van der Waals surface area contributed by atoms with Gasteiger partial charge in [0.1, 0.15) is 0 Å². The minimum Gasteiger partial charge on any atom is -0.356 e. The van der Waals surface area contributed by atoms with E-state index >= 15 is 0 Å². The molecule has 1 heterocycles. The van der Waals surface area contributed by atoms with E-state index in [-0.39, 0.29) is 23.7 Å². The second-order valence-corrected chi connectivity index (χ2v) is 6.72. The minimum absolute atomic E-state index is 0. The maximum Gasteiger partial charge on any atom is 0.220 e. The summed E-state index contributed by atoms with van der Waals surface area (Å²) in [6.07, 6.45) is 1.56. The van der Waals surface area contributed by atoms with Crippen LogP contribution in [0, 0.1) is 0 Å². The van der Waals surface area contributed by atoms with Crippen molar-refractivity contribution in [1.29, 1.82) is 0 Å². The normalized spacial score (nSPS) is 15.7. The zero-order valence-electron chi connectivity index (χ0n) is 14.3. The van der Waals surface area contributed by atoms with E-state index in [0.717, 1.165) is 45.7 Å². The van der Waals surface area contributed by atoms with E-state index in [1.807, 2.05) is 18.2 Å². The maximum atomic E-state index is 12.1. The molecule has 0 radical (unpaired) electrons. The minimum atomic E-state index is -0.121. The van der Waals surface area contributed by atoms with E-state index in [1.165, 1.54) is 5.56 Å². The molecule has 0 atom stereocenters. The number of hydrogen-bond acceptors (Lipinski definition) is 3. The van der Waals surface area contributed by atoms with Gasteiger partial charge in [-0.2, -0.15) is 0 Å². The predicted octanol–water partition coefficient (Wildman–Crippen LogP) is 2.19. The number of amides is 1. The van der Waals surface area contributed by atoms with Crippen molar-refractivity contribution in [2.75, 3.05) is 39.3 Å². The van der Waals surface area contributed by atoms with Crippen LogP contribution >= 0.6 is 12.4 Å². The molecule has 1 aromatic rings. The van der Waals surface area contributed by atoms with E-state index in [1.54, 1.807) is 0 Å². The molecule has 1 aromatic carbocycles. The van der Waals surface area contributed by atoms with Gasteiger partial charge in [-0.25, -0.2) is 0 Å². The molecule has 1 fully saturated rings. The first kappa shape index (κ1) is 19.9. The molecule has 0 aliphatic carbocycles. The summed E-state index contributed by atoms with van der Waals surface area (Å²) in [6, 6.07) is 10.3. The average Bonchev–Trinajstić information content (AvgIpc) is 2.53. The molecule has 5 heteroatoms. The summed E-state index contributed by atoms with van der Waals surface area (Å²) in [5, 5.41) is 6.42. The van der Waals surface area contributed by atoms with Gasteiger partial charge in [-0.1, -0.05) is 44.2 Å². The number of hydrogen-bond donors (Lipinski definition) is 2. The van der Waals surface area contributed by atoms with E-state index in [0.29, 0.717) is 6.42 Å². The number of halogens is 1. The summed E-state index contributed by atoms with van der Waals surface area (Å²) < 4.78 is 0. The van der Waals surface area contributed by atoms with Crippen LogP contribution in [0.4, 0.5) is 0 Å². The molecule has 0 saturated carbocycles. The van der Waals surface area contributed by atoms with Crippen LogP contribution in [0.15, 0.2) is 30.3 Å². The summed E-state index contributed by atoms with van der Waals surface area (Å²) in [4.78, 5) is 14.6. The first-order valence-corrected chi connectivity index (χ1v) is 8.33. The number of carbonyl (C=O) groups excluding carboxylic acids is 1. The first-order chi connectivity index (χ1) is 10.6. The highest BCUT2D eigenvalue weighted by Crippen LogP contribution is 2.26. The second kappa shape index (κ2) is 9.91. The molecule has 1 aliphatic heterocycles. The van der Waals surface area contributed by atoms with Crippen LogP contribution in [-0.4, -0.2) is 50.1 Å². The lowest BCUT2D eigenvalue weighted by molar-refractivity contribution is -0.122. The smallest absolute Gasteiger partial charge is 0.220 e. The fourth-order valence-electron chi connectivity index (χ4n) is 2.92. The van der Waals surface area contributed by atoms with Crippen molar-refractivity contribution in [3.8, 4) is 0 Å². The van der Waals surface area contributed by atoms with Crippen molar-refractivity contribution in [2.45, 2.75) is 32.1 Å². The Hall–Kier alpha value is -1.10. The van der Waals surface area contributed by atoms with Crippen molar-refractivity contribution >= 4 is 18.3 Å². The fourth-order valence-corrected chi connectivity index (χ4v) is 2.92. The Bertz CT molecular complexity index is 459. The van der Waals surface area contributed by atoms with Gasteiger partial charge in [-0.05, 0) is 23.9 Å². The Morgan fingerprint density at radius 3 is 2.52 bits per heavy atom. The lowest BCUT2D eigenvalue weighted by Gasteiger charge is -2.27. The molecule has 0 aromatic heterocycles. The molecule has 4 nitrogen and oxygen atoms in total. The van der Waals surface area contributed by atoms with Crippen LogP contribution in [-0.2, 0) is 10.2 Å². The molecule has 1 saturated heterocycles. The highest BCUT2D eigenvalue weighted by molar-refractivity contribution is 5.85. The third-order valence-corrected chi connectivity index (χ3v) is 4.34. The van der Waals surface area contributed by atoms with Gasteiger partial charge in [0.15, 0.2) is 0 Å². The fraction of sp³-hybridized carbons (Fsp3) is 0.611. The van der Waals surface area contributed by atoms with Gasteiger partial charge in [-0.15, -0.1) is 12.4 Å². The van der Waals surface area contributed by atoms with E-state index < -0.39 is 0 Å². The zero-order chi connectivity index (χ0) is 15.8. The SMILES string of the molecule is CC(C)(CC(=O)NCCCN1CCNCC1)c1ccccc1.Cl. The molecule has 0 unspecified atom stereocenters. The number of rotatable bonds is 7. The van der Waals surface area contributed by atoms with Gasteiger partial charge in [-0.3, -0.25) is 4.79 Å². The van der Waals surface area contributed by atoms with Crippen LogP contribution in [0.5, 0.6) is 0 Å². The summed E-state index contributed by atoms with van der Waals surface area (Å²) in [7, 11) is 0. The Labute approximate surface area is 146 Å². The summed E-state index contributed by atoms with van der Waals surface area (Å²) in [5.41, 5.74) is 1.09. The molecule has 2 N–H and O–H groups in total. The molecular formula is C18H30ClN3O. The molecular weight excluding hydrogens is 310 g/mol. The third-order valence-electron chi connectivity index (χ3n) is 4.34. The lowest BCUT2D eigenvalue weighted by Crippen LogP contribution is -2.44. The van der Waals surface area contributed by atoms with Crippen LogP contribution in [0.25, 0.3) is 0 Å². The Morgan fingerprint density at radius 1 is 1.22 bits per heavy atom. The molecule has 1 aliphatic rings. The Balaban J connectivity index is 0.00000264. The van der Waals surface area contributed by atoms with Crippen molar-refractivity contribution in [3.63, 3.8) is 0 Å². The third kappa shape index (κ3) is 6.90. The number of piperazine rings is 1. The van der Waals surface area contributed by atoms with Crippen LogP contribution < -0.4 is 10.6 Å². The van der Waals surface area contributed by atoms with Gasteiger partial charge >= 0.3 is 0 Å². The van der Waals surface area contributed by atoms with E-state index in [9.17, 15) is 4.79 Å². The second-order valence-electron chi connectivity index (χ2n) is 6.72. The van der Waals surface area contributed by atoms with Crippen molar-refractivity contribution in [3.05, 3.63) is 35.9 Å². The molecule has 1 amide bonds. The average molecular weight is 340 g/mol. The summed E-state index contributed by atoms with van der Waals surface area (Å²) in [6.45, 7) is 10.5. The molecule has 0 spiro atoms. The number of benzene rings is 1. The predicted molar refractivity (Wildman–Crippen MR) is 98.3 cm³/mol. The van der Waals surface area contributed by atoms with E-state index in [2.05, 4.69) is 41.5 Å². The number of nitrogens with one attached hydrogen (secondary N) is 2. The number of nitrogens with zero attached hydrogens (tertiary/aromatic N) is 1. The monoisotopic (exact) mass is 339 g/mol. The van der Waals surface area contributed by atoms with Crippen molar-refractivity contribution in [1.82, 2.24) is 15.5 Å². The van der Waals surface area contributed by atoms with Crippen LogP contribution in [0.1, 0.15) is 32.3 Å². The molecule has 23 heavy (non-hydrogen) atoms. The Morgan fingerprint density at radius 2 is 1.87 bits per heavy atom. The van der Waals surface area contributed by atoms with Crippen LogP contribution in [0.2, 0.25) is 0 Å². The molecule has 0 bridgehead atoms. The van der Waals surface area contributed by atoms with Gasteiger partial charge < -0.3 is 15.5 Å². The number of carbonyl (C=O) groups is 1. The highest BCUT2D eigenvalue weighted by atomic mass is 35.5. The summed E-state index contributed by atoms with van der Waals surface area (Å²) in [5.74, 6) is 0.147. The van der Waals surface area contributed by atoms with Gasteiger partial charge in [0.2, 0.25) is 5.91 Å². The highest BCUT2D eigenvalue weighted by Gasteiger charge is 2.23. The standard InChI is InChI=1S/C18H29N3O.ClH/c1-18(2,16-7-4-3-5-8-16)15-17(22)20-9-6-12-21-13-10-19-11-14-21;/h3-5,7-8,19H,6,9-15H2,1-2H3,(H,20,22);1H. The zero-order valence-corrected chi connectivity index (χ0v) is 15.1. The van der Waals surface area contributed by atoms with Gasteiger partial charge in [0.25, 0.3) is 0 Å².